The van der Waals surface area contributed by atoms with Crippen LogP contribution >= 0.6 is 7.82 Å². The fourth-order valence-electron chi connectivity index (χ4n) is 15.4. The van der Waals surface area contributed by atoms with Crippen molar-refractivity contribution in [1.29, 1.82) is 0 Å². The lowest BCUT2D eigenvalue weighted by atomic mass is 9.69. The van der Waals surface area contributed by atoms with Crippen LogP contribution in [0.4, 0.5) is 5.69 Å². The predicted octanol–water partition coefficient (Wildman–Crippen LogP) is -11.5. The first-order valence-corrected chi connectivity index (χ1v) is 46.6. The normalized spacial score (nSPS) is 28.0. The molecule has 53 nitrogen and oxygen atoms in total. The van der Waals surface area contributed by atoms with Crippen LogP contribution in [0.5, 0.6) is 0 Å². The number of ether oxygens (including phenoxy) is 12. The highest BCUT2D eigenvalue weighted by molar-refractivity contribution is 7.44. The second kappa shape index (κ2) is 58.1. The van der Waals surface area contributed by atoms with Gasteiger partial charge in [0.2, 0.25) is 41.4 Å². The lowest BCUT2D eigenvalue weighted by Crippen LogP contribution is -2.64. The van der Waals surface area contributed by atoms with E-state index in [0.717, 1.165) is 0 Å². The fourth-order valence-corrected chi connectivity index (χ4v) is 15.8. The molecule has 0 bridgehead atoms. The number of ketones is 1. The van der Waals surface area contributed by atoms with Gasteiger partial charge in [0.05, 0.1) is 132 Å². The first-order chi connectivity index (χ1) is 66.0. The average Bonchev–Trinajstić information content (AvgIpc) is 1.61. The van der Waals surface area contributed by atoms with Gasteiger partial charge in [-0.3, -0.25) is 62.1 Å². The minimum Gasteiger partial charge on any atom is -0.756 e. The van der Waals surface area contributed by atoms with Gasteiger partial charge >= 0.3 is 0 Å². The van der Waals surface area contributed by atoms with Crippen molar-refractivity contribution in [2.75, 3.05) is 183 Å². The SMILES string of the molecule is CC(=O)N[C@H]1C(OCCOCCNC(=O)c2cc(CC(=O)CNC(=O)CC[C@H](NC(=O)CCC(=O)N3C[C@](C)(COP(=O)([O-])O)[C@](C)(CO)C3)C(=O)NCCNc3cc(C(=O)NCCOCCOC4O[C@H](CO)[C@H](O)[C@H](O)[C@H]4NC(C)=O)cc(C(=O)NCCOCCOC4O[C@H](CO)[C@H](O)[C@H](O)[C@H]4NC(C)=O)c3)cc(C(=O)NCCOCCOC3O[C@H](CO)[C@H](O)[C@H](O)[C@H]3C)c2)O[C@H](CO)[C@H](O)[C@@H]1O. The molecule has 2 aromatic carbocycles. The zero-order valence-electron chi connectivity index (χ0n) is 77.9. The number of aliphatic hydroxyl groups is 13. The van der Waals surface area contributed by atoms with Gasteiger partial charge in [-0.05, 0) is 48.4 Å². The number of hydrogen-bond acceptors (Lipinski definition) is 41. The molecule has 54 heteroatoms. The molecule has 5 fully saturated rings. The number of Topliss-reactive ketones (excluding diaryl/α,β-unsaturated/α-hetero) is 1. The highest BCUT2D eigenvalue weighted by Crippen LogP contribution is 2.49. The van der Waals surface area contributed by atoms with Crippen LogP contribution in [0, 0.1) is 16.7 Å². The summed E-state index contributed by atoms with van der Waals surface area (Å²) in [4.78, 5) is 183. The summed E-state index contributed by atoms with van der Waals surface area (Å²) in [5.41, 5.74) is -2.53. The topological polar surface area (TPSA) is 784 Å². The number of anilines is 1. The molecule has 139 heavy (non-hydrogen) atoms. The number of phosphoric ester groups is 1. The lowest BCUT2D eigenvalue weighted by Gasteiger charge is -2.42. The van der Waals surface area contributed by atoms with Gasteiger partial charge < -0.3 is 201 Å². The molecule has 5 saturated heterocycles. The van der Waals surface area contributed by atoms with Crippen LogP contribution in [-0.4, -0.2) is 447 Å². The number of benzene rings is 2. The maximum absolute atomic E-state index is 14.3. The number of carbonyl (C=O) groups excluding carboxylic acids is 12. The molecule has 11 amide bonds. The van der Waals surface area contributed by atoms with Crippen molar-refractivity contribution in [2.24, 2.45) is 16.7 Å². The molecular formula is C85H134N12O41P-. The Bertz CT molecular complexity index is 4270. The Morgan fingerprint density at radius 3 is 1.21 bits per heavy atom. The van der Waals surface area contributed by atoms with Gasteiger partial charge in [-0.2, -0.15) is 0 Å². The Morgan fingerprint density at radius 1 is 0.453 bits per heavy atom. The number of rotatable bonds is 59. The third kappa shape index (κ3) is 36.8. The van der Waals surface area contributed by atoms with Gasteiger partial charge in [-0.15, -0.1) is 0 Å². The molecule has 7 rings (SSSR count). The summed E-state index contributed by atoms with van der Waals surface area (Å²) >= 11 is 0. The summed E-state index contributed by atoms with van der Waals surface area (Å²) in [5, 5.41) is 161. The van der Waals surface area contributed by atoms with E-state index in [4.69, 9.17) is 61.4 Å². The van der Waals surface area contributed by atoms with E-state index in [9.17, 15) is 138 Å². The van der Waals surface area contributed by atoms with E-state index in [1.165, 1.54) is 69.0 Å². The second-order valence-corrected chi connectivity index (χ2v) is 35.4. The van der Waals surface area contributed by atoms with Crippen LogP contribution in [0.1, 0.15) is 114 Å². The van der Waals surface area contributed by atoms with E-state index in [0.29, 0.717) is 0 Å². The van der Waals surface area contributed by atoms with Crippen molar-refractivity contribution in [3.63, 3.8) is 0 Å². The molecule has 5 aliphatic heterocycles. The number of aliphatic hydroxyl groups excluding tert-OH is 13. The number of amides is 11. The molecule has 24 atom stereocenters. The van der Waals surface area contributed by atoms with Crippen LogP contribution in [0.2, 0.25) is 0 Å². The molecule has 25 N–H and O–H groups in total. The Labute approximate surface area is 799 Å². The highest BCUT2D eigenvalue weighted by Gasteiger charge is 2.54. The molecule has 0 spiro atoms. The number of carbonyl (C=O) groups is 12. The fraction of sp³-hybridized carbons (Fsp3) is 0.718. The van der Waals surface area contributed by atoms with Crippen LogP contribution in [0.3, 0.4) is 0 Å². The van der Waals surface area contributed by atoms with Crippen LogP contribution in [-0.2, 0) is 111 Å². The summed E-state index contributed by atoms with van der Waals surface area (Å²) in [7, 11) is -5.26. The molecular weight excluding hydrogens is 1880 g/mol. The standard InChI is InChI=1S/C85H135N12O41P/c1-45-67(110)68(111)57(37-98)135-80(45)130-25-21-126-17-13-88-75(118)50-29-49(30-51(32-50)76(119)89-14-18-127-22-26-131-81-64(93-46(2)103)72(115)69(112)58(38-99)136-81)31-55(106)36-92-61(107)8-7-56(96-62(108)9-10-63(109)97-41-84(5,43-102)85(6,42-97)44-134-139(123,124)125)79(122)87-12-11-86-54-34-52(77(120)90-15-19-128-23-27-132-82-65(94-47(3)104)73(116)70(113)59(39-100)137-82)33-53(35-54)78(121)91-16-20-129-24-28-133-83-66(95-48(4)105)74(117)71(114)60(40-101)138-83/h29-30,32-35,45,56-60,64-74,80-83,86,98-102,110-117H,7-28,31,36-44H2,1-6H3,(H,87,122)(H,88,118)(H,89,119)(H,90,120)(H,91,121)(H,92,107)(H,93,103)(H,94,104)(H,95,105)(H,96,108)(H2,123,124,125)/p-1/t45-,56+,57-,58-,59-,60-,64-,65-,66-,67-,68+,69+,70+,71+,72-,73-,74-,80?,81?,82?,83?,84+,85-/m1/s1. The van der Waals surface area contributed by atoms with Crippen molar-refractivity contribution in [3.05, 3.63) is 64.2 Å². The number of nitrogens with zero attached hydrogens (tertiary/aromatic N) is 1. The monoisotopic (exact) mass is 2010 g/mol. The van der Waals surface area contributed by atoms with Gasteiger partial charge in [-0.1, -0.05) is 20.8 Å². The molecule has 5 heterocycles. The second-order valence-electron chi connectivity index (χ2n) is 34.2. The zero-order chi connectivity index (χ0) is 102. The van der Waals surface area contributed by atoms with Gasteiger partial charge in [0.15, 0.2) is 30.9 Å². The summed E-state index contributed by atoms with van der Waals surface area (Å²) in [5.74, 6) is -9.23. The molecule has 0 radical (unpaired) electrons. The molecule has 5 unspecified atom stereocenters. The van der Waals surface area contributed by atoms with Crippen molar-refractivity contribution >= 4 is 84.3 Å². The smallest absolute Gasteiger partial charge is 0.265 e. The number of phosphoric acid groups is 1. The van der Waals surface area contributed by atoms with Crippen LogP contribution < -0.4 is 63.4 Å². The lowest BCUT2D eigenvalue weighted by molar-refractivity contribution is -0.284. The number of hydrogen-bond donors (Lipinski definition) is 25. The zero-order valence-corrected chi connectivity index (χ0v) is 78.8. The van der Waals surface area contributed by atoms with E-state index in [1.807, 2.05) is 0 Å². The van der Waals surface area contributed by atoms with Crippen molar-refractivity contribution in [1.82, 2.24) is 58.1 Å². The molecule has 0 saturated carbocycles. The van der Waals surface area contributed by atoms with Gasteiger partial charge in [0.1, 0.15) is 91.3 Å². The highest BCUT2D eigenvalue weighted by atomic mass is 31.2. The van der Waals surface area contributed by atoms with Crippen LogP contribution in [0.15, 0.2) is 36.4 Å². The van der Waals surface area contributed by atoms with Gasteiger partial charge in [0, 0.05) is 144 Å². The van der Waals surface area contributed by atoms with E-state index >= 15 is 0 Å². The number of nitrogens with one attached hydrogen (secondary N) is 11. The van der Waals surface area contributed by atoms with E-state index in [-0.39, 0.29) is 165 Å². The van der Waals surface area contributed by atoms with E-state index in [2.05, 4.69) is 58.5 Å². The van der Waals surface area contributed by atoms with E-state index in [1.54, 1.807) is 13.8 Å². The summed E-state index contributed by atoms with van der Waals surface area (Å²) in [6, 6.07) is 2.62. The molecule has 2 aromatic rings. The largest absolute Gasteiger partial charge is 0.756 e. The molecule has 0 aromatic heterocycles. The van der Waals surface area contributed by atoms with Crippen molar-refractivity contribution in [3.8, 4) is 0 Å². The summed E-state index contributed by atoms with van der Waals surface area (Å²) in [6.07, 6.45) is -24.4. The van der Waals surface area contributed by atoms with Gasteiger partial charge in [-0.25, -0.2) is 0 Å². The molecule has 0 aliphatic carbocycles. The Balaban J connectivity index is 1.01. The quantitative estimate of drug-likeness (QED) is 0.0216. The van der Waals surface area contributed by atoms with E-state index < -0.39 is 296 Å². The average molecular weight is 2010 g/mol. The van der Waals surface area contributed by atoms with Gasteiger partial charge in [0.25, 0.3) is 31.5 Å². The minimum atomic E-state index is -5.26. The Kier molecular flexibility index (Phi) is 48.9. The third-order valence-corrected chi connectivity index (χ3v) is 23.8. The van der Waals surface area contributed by atoms with Crippen molar-refractivity contribution in [2.45, 2.75) is 196 Å². The Hall–Kier alpha value is -8.81. The van der Waals surface area contributed by atoms with Crippen LogP contribution in [0.25, 0.3) is 0 Å². The molecule has 786 valence electrons. The Morgan fingerprint density at radius 2 is 0.827 bits per heavy atom. The first kappa shape index (κ1) is 117. The van der Waals surface area contributed by atoms with Crippen molar-refractivity contribution < 1.29 is 200 Å². The number of likely N-dealkylation sites (tertiary alicyclic amines) is 1. The maximum Gasteiger partial charge on any atom is 0.265 e. The maximum atomic E-state index is 14.3. The predicted molar refractivity (Wildman–Crippen MR) is 472 cm³/mol. The third-order valence-electron chi connectivity index (χ3n) is 23.4. The summed E-state index contributed by atoms with van der Waals surface area (Å²) in [6.45, 7) is 0.928. The first-order valence-electron chi connectivity index (χ1n) is 45.2. The molecule has 5 aliphatic rings. The minimum absolute atomic E-state index is 0.0316. The summed E-state index contributed by atoms with van der Waals surface area (Å²) < 4.78 is 83.7.